The second-order valence-electron chi connectivity index (χ2n) is 6.88. The van der Waals surface area contributed by atoms with Crippen LogP contribution in [-0.4, -0.2) is 27.8 Å². The topological polar surface area (TPSA) is 73.2 Å². The van der Waals surface area contributed by atoms with E-state index in [1.54, 1.807) is 16.7 Å². The monoisotopic (exact) mass is 467 g/mol. The van der Waals surface area contributed by atoms with Crippen molar-refractivity contribution in [3.63, 3.8) is 0 Å². The number of thiophene rings is 1. The van der Waals surface area contributed by atoms with Crippen LogP contribution in [0.5, 0.6) is 5.75 Å². The van der Waals surface area contributed by atoms with Crippen LogP contribution in [0.1, 0.15) is 30.2 Å². The molecule has 2 aromatic heterocycles. The van der Waals surface area contributed by atoms with Gasteiger partial charge in [-0.2, -0.15) is 8.78 Å². The predicted octanol–water partition coefficient (Wildman–Crippen LogP) is 5.21. The van der Waals surface area contributed by atoms with Gasteiger partial charge in [0.1, 0.15) is 10.6 Å². The summed E-state index contributed by atoms with van der Waals surface area (Å²) in [6.07, 6.45) is 1.73. The van der Waals surface area contributed by atoms with Crippen LogP contribution in [0, 0.1) is 13.8 Å². The second-order valence-corrected chi connectivity index (χ2v) is 9.03. The SMILES string of the molecule is CCCCn1c(SCC(=O)Nc2ccccc2OC(F)F)nc2sc(C)c(C)c2c1=O. The molecule has 6 nitrogen and oxygen atoms in total. The number of halogens is 2. The number of carbonyl (C=O) groups excluding carboxylic acids is 1. The molecule has 0 radical (unpaired) electrons. The van der Waals surface area contributed by atoms with Gasteiger partial charge in [-0.05, 0) is 38.0 Å². The van der Waals surface area contributed by atoms with Crippen molar-refractivity contribution < 1.29 is 18.3 Å². The molecule has 1 amide bonds. The van der Waals surface area contributed by atoms with E-state index >= 15 is 0 Å². The molecule has 2 heterocycles. The Balaban J connectivity index is 1.82. The molecule has 0 saturated carbocycles. The molecule has 3 aromatic rings. The zero-order valence-electron chi connectivity index (χ0n) is 17.4. The van der Waals surface area contributed by atoms with Gasteiger partial charge < -0.3 is 10.1 Å². The molecule has 0 bridgehead atoms. The number of hydrogen-bond acceptors (Lipinski definition) is 6. The van der Waals surface area contributed by atoms with E-state index in [1.165, 1.54) is 23.5 Å². The quantitative estimate of drug-likeness (QED) is 0.346. The number of ether oxygens (including phenoxy) is 1. The minimum Gasteiger partial charge on any atom is -0.433 e. The Hall–Kier alpha value is -2.46. The number of thioether (sulfide) groups is 1. The van der Waals surface area contributed by atoms with Crippen LogP contribution in [0.4, 0.5) is 14.5 Å². The molecule has 0 fully saturated rings. The molecule has 0 unspecified atom stereocenters. The third-order valence-electron chi connectivity index (χ3n) is 4.70. The van der Waals surface area contributed by atoms with E-state index in [-0.39, 0.29) is 22.7 Å². The first-order valence-corrected chi connectivity index (χ1v) is 11.6. The number of nitrogens with zero attached hydrogens (tertiary/aromatic N) is 2. The lowest BCUT2D eigenvalue weighted by Gasteiger charge is -2.13. The van der Waals surface area contributed by atoms with Crippen molar-refractivity contribution in [3.05, 3.63) is 45.1 Å². The summed E-state index contributed by atoms with van der Waals surface area (Å²) in [5, 5.41) is 3.68. The number of anilines is 1. The van der Waals surface area contributed by atoms with Crippen molar-refractivity contribution in [1.29, 1.82) is 0 Å². The number of carbonyl (C=O) groups is 1. The van der Waals surface area contributed by atoms with Crippen molar-refractivity contribution >= 4 is 44.9 Å². The number of aryl methyl sites for hydroxylation is 2. The number of hydrogen-bond donors (Lipinski definition) is 1. The summed E-state index contributed by atoms with van der Waals surface area (Å²) in [6, 6.07) is 5.99. The highest BCUT2D eigenvalue weighted by molar-refractivity contribution is 7.99. The van der Waals surface area contributed by atoms with Crippen molar-refractivity contribution in [3.8, 4) is 5.75 Å². The first-order chi connectivity index (χ1) is 14.8. The van der Waals surface area contributed by atoms with Gasteiger partial charge in [0.15, 0.2) is 5.16 Å². The molecule has 3 rings (SSSR count). The molecule has 31 heavy (non-hydrogen) atoms. The third kappa shape index (κ3) is 5.43. The fraction of sp³-hybridized carbons (Fsp3) is 0.381. The third-order valence-corrected chi connectivity index (χ3v) is 6.78. The average Bonchev–Trinajstić information content (AvgIpc) is 3.00. The Kier molecular flexibility index (Phi) is 7.66. The molecule has 0 aliphatic carbocycles. The van der Waals surface area contributed by atoms with E-state index in [4.69, 9.17) is 0 Å². The largest absolute Gasteiger partial charge is 0.433 e. The van der Waals surface area contributed by atoms with E-state index in [2.05, 4.69) is 15.0 Å². The Labute approximate surface area is 186 Å². The minimum absolute atomic E-state index is 0.0313. The number of alkyl halides is 2. The molecule has 1 aromatic carbocycles. The number of aromatic nitrogens is 2. The molecule has 166 valence electrons. The van der Waals surface area contributed by atoms with Gasteiger partial charge in [0.05, 0.1) is 16.8 Å². The Morgan fingerprint density at radius 3 is 2.77 bits per heavy atom. The standard InChI is InChI=1S/C21H23F2N3O3S2/c1-4-5-10-26-19(28)17-12(2)13(3)31-18(17)25-21(26)30-11-16(27)24-14-8-6-7-9-15(14)29-20(22)23/h6-9,20H,4-5,10-11H2,1-3H3,(H,24,27). The Morgan fingerprint density at radius 1 is 1.32 bits per heavy atom. The van der Waals surface area contributed by atoms with E-state index in [9.17, 15) is 18.4 Å². The number of para-hydroxylation sites is 2. The molecular formula is C21H23F2N3O3S2. The summed E-state index contributed by atoms with van der Waals surface area (Å²) in [5.41, 5.74) is 0.997. The molecule has 0 saturated heterocycles. The molecular weight excluding hydrogens is 444 g/mol. The molecule has 10 heteroatoms. The lowest BCUT2D eigenvalue weighted by molar-refractivity contribution is -0.113. The summed E-state index contributed by atoms with van der Waals surface area (Å²) in [6.45, 7) is 3.43. The Morgan fingerprint density at radius 2 is 2.06 bits per heavy atom. The van der Waals surface area contributed by atoms with Crippen LogP contribution in [0.3, 0.4) is 0 Å². The van der Waals surface area contributed by atoms with Gasteiger partial charge in [0.25, 0.3) is 5.56 Å². The maximum atomic E-state index is 13.1. The molecule has 0 aliphatic heterocycles. The van der Waals surface area contributed by atoms with Crippen LogP contribution in [0.2, 0.25) is 0 Å². The van der Waals surface area contributed by atoms with Crippen LogP contribution in [0.15, 0.2) is 34.2 Å². The van der Waals surface area contributed by atoms with Crippen LogP contribution >= 0.6 is 23.1 Å². The highest BCUT2D eigenvalue weighted by Crippen LogP contribution is 2.29. The van der Waals surface area contributed by atoms with Crippen LogP contribution in [0.25, 0.3) is 10.2 Å². The van der Waals surface area contributed by atoms with Crippen LogP contribution in [-0.2, 0) is 11.3 Å². The minimum atomic E-state index is -2.99. The number of fused-ring (bicyclic) bond motifs is 1. The number of unbranched alkanes of at least 4 members (excludes halogenated alkanes) is 1. The van der Waals surface area contributed by atoms with E-state index < -0.39 is 12.5 Å². The van der Waals surface area contributed by atoms with Gasteiger partial charge in [-0.1, -0.05) is 37.2 Å². The zero-order chi connectivity index (χ0) is 22.5. The average molecular weight is 468 g/mol. The maximum absolute atomic E-state index is 13.1. The lowest BCUT2D eigenvalue weighted by atomic mass is 10.2. The predicted molar refractivity (Wildman–Crippen MR) is 121 cm³/mol. The van der Waals surface area contributed by atoms with Crippen LogP contribution < -0.4 is 15.6 Å². The van der Waals surface area contributed by atoms with Crippen molar-refractivity contribution in [2.75, 3.05) is 11.1 Å². The summed E-state index contributed by atoms with van der Waals surface area (Å²) < 4.78 is 31.2. The van der Waals surface area contributed by atoms with Gasteiger partial charge >= 0.3 is 6.61 Å². The molecule has 1 N–H and O–H groups in total. The highest BCUT2D eigenvalue weighted by atomic mass is 32.2. The smallest absolute Gasteiger partial charge is 0.387 e. The summed E-state index contributed by atoms with van der Waals surface area (Å²) >= 11 is 2.60. The van der Waals surface area contributed by atoms with E-state index in [0.29, 0.717) is 21.9 Å². The first kappa shape index (κ1) is 23.2. The molecule has 0 spiro atoms. The molecule has 0 atom stereocenters. The number of rotatable bonds is 9. The second kappa shape index (κ2) is 10.2. The lowest BCUT2D eigenvalue weighted by Crippen LogP contribution is -2.24. The maximum Gasteiger partial charge on any atom is 0.387 e. The fourth-order valence-corrected chi connectivity index (χ4v) is 4.91. The fourth-order valence-electron chi connectivity index (χ4n) is 3.02. The number of benzene rings is 1. The van der Waals surface area contributed by atoms with Gasteiger partial charge in [0.2, 0.25) is 5.91 Å². The summed E-state index contributed by atoms with van der Waals surface area (Å²) in [5.74, 6) is -0.554. The van der Waals surface area contributed by atoms with Gasteiger partial charge in [-0.25, -0.2) is 4.98 Å². The zero-order valence-corrected chi connectivity index (χ0v) is 19.0. The van der Waals surface area contributed by atoms with Gasteiger partial charge in [-0.3, -0.25) is 14.2 Å². The summed E-state index contributed by atoms with van der Waals surface area (Å²) in [4.78, 5) is 31.9. The molecule has 0 aliphatic rings. The first-order valence-electron chi connectivity index (χ1n) is 9.78. The van der Waals surface area contributed by atoms with Crippen molar-refractivity contribution in [2.45, 2.75) is 51.9 Å². The Bertz CT molecular complexity index is 1140. The van der Waals surface area contributed by atoms with E-state index in [0.717, 1.165) is 35.0 Å². The van der Waals surface area contributed by atoms with Crippen molar-refractivity contribution in [1.82, 2.24) is 9.55 Å². The highest BCUT2D eigenvalue weighted by Gasteiger charge is 2.18. The van der Waals surface area contributed by atoms with Gasteiger partial charge in [0, 0.05) is 11.4 Å². The number of nitrogens with one attached hydrogen (secondary N) is 1. The van der Waals surface area contributed by atoms with E-state index in [1.807, 2.05) is 20.8 Å². The normalized spacial score (nSPS) is 11.3. The summed E-state index contributed by atoms with van der Waals surface area (Å²) in [7, 11) is 0. The van der Waals surface area contributed by atoms with Crippen molar-refractivity contribution in [2.24, 2.45) is 0 Å². The van der Waals surface area contributed by atoms with Gasteiger partial charge in [-0.15, -0.1) is 11.3 Å². The number of amides is 1.